The first-order valence-corrected chi connectivity index (χ1v) is 15.1. The molecule has 0 aromatic heterocycles. The van der Waals surface area contributed by atoms with Crippen LogP contribution in [0.15, 0.2) is 60.7 Å². The molecule has 0 radical (unpaired) electrons. The van der Waals surface area contributed by atoms with E-state index in [1.807, 2.05) is 23.5 Å². The number of benzene rings is 2. The zero-order chi connectivity index (χ0) is 24.6. The van der Waals surface area contributed by atoms with Gasteiger partial charge in [-0.25, -0.2) is 0 Å². The number of likely N-dealkylation sites (N-methyl/N-ethyl adjacent to an activating group) is 1. The summed E-state index contributed by atoms with van der Waals surface area (Å²) in [4.78, 5) is 16.7. The second-order valence-corrected chi connectivity index (χ2v) is 14.2. The lowest BCUT2D eigenvalue weighted by Crippen LogP contribution is -2.47. The van der Waals surface area contributed by atoms with Crippen LogP contribution in [-0.2, 0) is 14.9 Å². The fraction of sp³-hybridized carbons (Fsp3) is 0.567. The molecule has 188 valence electrons. The van der Waals surface area contributed by atoms with E-state index in [0.29, 0.717) is 11.8 Å². The molecule has 2 aromatic carbocycles. The predicted molar refractivity (Wildman–Crippen MR) is 149 cm³/mol. The smallest absolute Gasteiger partial charge is 0.313 e. The Labute approximate surface area is 219 Å². The van der Waals surface area contributed by atoms with Crippen LogP contribution in [0.2, 0.25) is 0 Å². The SMILES string of the molecule is C[C@@H]1CC[C@@H](C(C)(C)c2ccccc2)[C@H](OC(=O)[C@H]2[C@@H](c3ccccc3)CN(C)C23SCCS3)C1. The van der Waals surface area contributed by atoms with Crippen molar-refractivity contribution in [2.45, 2.75) is 61.7 Å². The van der Waals surface area contributed by atoms with Crippen LogP contribution in [0.5, 0.6) is 0 Å². The zero-order valence-corrected chi connectivity index (χ0v) is 23.1. The van der Waals surface area contributed by atoms with Gasteiger partial charge in [0.25, 0.3) is 0 Å². The quantitative estimate of drug-likeness (QED) is 0.414. The fourth-order valence-electron chi connectivity index (χ4n) is 6.74. The van der Waals surface area contributed by atoms with Crippen LogP contribution in [0.1, 0.15) is 57.1 Å². The molecule has 2 saturated heterocycles. The number of thioether (sulfide) groups is 2. The molecular formula is C30H39NO2S2. The average molecular weight is 510 g/mol. The van der Waals surface area contributed by atoms with Crippen molar-refractivity contribution in [2.24, 2.45) is 17.8 Å². The number of carbonyl (C=O) groups is 1. The van der Waals surface area contributed by atoms with Gasteiger partial charge in [-0.3, -0.25) is 9.69 Å². The third-order valence-corrected chi connectivity index (χ3v) is 12.5. The monoisotopic (exact) mass is 509 g/mol. The van der Waals surface area contributed by atoms with Crippen molar-refractivity contribution in [3.63, 3.8) is 0 Å². The summed E-state index contributed by atoms with van der Waals surface area (Å²) in [6.45, 7) is 7.88. The molecule has 3 nitrogen and oxygen atoms in total. The van der Waals surface area contributed by atoms with E-state index < -0.39 is 0 Å². The molecule has 3 aliphatic rings. The normalized spacial score (nSPS) is 31.0. The van der Waals surface area contributed by atoms with E-state index in [-0.39, 0.29) is 33.5 Å². The second-order valence-electron chi connectivity index (χ2n) is 11.3. The number of nitrogens with zero attached hydrogens (tertiary/aromatic N) is 1. The molecule has 5 atom stereocenters. The van der Waals surface area contributed by atoms with E-state index in [0.717, 1.165) is 30.9 Å². The van der Waals surface area contributed by atoms with Crippen molar-refractivity contribution < 1.29 is 9.53 Å². The number of hydrogen-bond donors (Lipinski definition) is 0. The number of likely N-dealkylation sites (tertiary alicyclic amines) is 1. The first-order valence-electron chi connectivity index (χ1n) is 13.1. The lowest BCUT2D eigenvalue weighted by atomic mass is 9.64. The van der Waals surface area contributed by atoms with Crippen molar-refractivity contribution in [3.8, 4) is 0 Å². The Morgan fingerprint density at radius 3 is 2.29 bits per heavy atom. The zero-order valence-electron chi connectivity index (χ0n) is 21.5. The third-order valence-electron chi connectivity index (χ3n) is 8.75. The van der Waals surface area contributed by atoms with Crippen LogP contribution >= 0.6 is 23.5 Å². The lowest BCUT2D eigenvalue weighted by Gasteiger charge is -2.45. The Morgan fingerprint density at radius 2 is 1.63 bits per heavy atom. The molecule has 1 spiro atoms. The van der Waals surface area contributed by atoms with Gasteiger partial charge >= 0.3 is 5.97 Å². The van der Waals surface area contributed by atoms with Crippen molar-refractivity contribution in [3.05, 3.63) is 71.8 Å². The van der Waals surface area contributed by atoms with Crippen molar-refractivity contribution in [1.29, 1.82) is 0 Å². The van der Waals surface area contributed by atoms with Gasteiger partial charge in [-0.15, -0.1) is 23.5 Å². The van der Waals surface area contributed by atoms with Gasteiger partial charge < -0.3 is 4.74 Å². The summed E-state index contributed by atoms with van der Waals surface area (Å²) >= 11 is 3.90. The minimum atomic E-state index is -0.220. The topological polar surface area (TPSA) is 29.5 Å². The highest BCUT2D eigenvalue weighted by atomic mass is 32.2. The van der Waals surface area contributed by atoms with Gasteiger partial charge in [0.15, 0.2) is 0 Å². The summed E-state index contributed by atoms with van der Waals surface area (Å²) in [5.41, 5.74) is 2.54. The summed E-state index contributed by atoms with van der Waals surface area (Å²) in [6.07, 6.45) is 3.21. The molecule has 0 bridgehead atoms. The summed E-state index contributed by atoms with van der Waals surface area (Å²) in [5, 5.41) is 0. The van der Waals surface area contributed by atoms with Gasteiger partial charge in [0.2, 0.25) is 0 Å². The molecule has 5 rings (SSSR count). The largest absolute Gasteiger partial charge is 0.462 e. The van der Waals surface area contributed by atoms with Gasteiger partial charge in [-0.1, -0.05) is 87.9 Å². The standard InChI is InChI=1S/C30H39NO2S2/c1-21-15-16-25(29(2,3)23-13-9-6-10-14-23)26(19-21)33-28(32)27-24(22-11-7-5-8-12-22)20-31(4)30(27)34-17-18-35-30/h5-14,21,24-27H,15-20H2,1-4H3/t21-,24-,25-,26-,27-/m1/s1. The van der Waals surface area contributed by atoms with Gasteiger partial charge in [-0.05, 0) is 42.3 Å². The molecule has 2 heterocycles. The molecular weight excluding hydrogens is 470 g/mol. The highest BCUT2D eigenvalue weighted by molar-refractivity contribution is 8.21. The first-order chi connectivity index (χ1) is 16.8. The Morgan fingerprint density at radius 1 is 1.00 bits per heavy atom. The molecule has 35 heavy (non-hydrogen) atoms. The van der Waals surface area contributed by atoms with Crippen molar-refractivity contribution in [1.82, 2.24) is 4.90 Å². The fourth-order valence-corrected chi connectivity index (χ4v) is 10.3. The molecule has 0 N–H and O–H groups in total. The van der Waals surface area contributed by atoms with E-state index >= 15 is 0 Å². The maximum Gasteiger partial charge on any atom is 0.313 e. The molecule has 0 amide bonds. The molecule has 3 fully saturated rings. The summed E-state index contributed by atoms with van der Waals surface area (Å²) in [5.74, 6) is 3.08. The van der Waals surface area contributed by atoms with Crippen LogP contribution < -0.4 is 0 Å². The van der Waals surface area contributed by atoms with Crippen LogP contribution in [0.3, 0.4) is 0 Å². The van der Waals surface area contributed by atoms with Gasteiger partial charge in [0.1, 0.15) is 16.2 Å². The second kappa shape index (κ2) is 10.1. The van der Waals surface area contributed by atoms with Crippen LogP contribution in [0.25, 0.3) is 0 Å². The Hall–Kier alpha value is -1.43. The maximum absolute atomic E-state index is 14.2. The van der Waals surface area contributed by atoms with E-state index in [1.165, 1.54) is 17.5 Å². The van der Waals surface area contributed by atoms with E-state index in [9.17, 15) is 4.79 Å². The third kappa shape index (κ3) is 4.69. The van der Waals surface area contributed by atoms with E-state index in [1.54, 1.807) is 0 Å². The Kier molecular flexibility index (Phi) is 7.31. The Balaban J connectivity index is 1.45. The average Bonchev–Trinajstić information content (AvgIpc) is 3.46. The van der Waals surface area contributed by atoms with E-state index in [4.69, 9.17) is 4.74 Å². The van der Waals surface area contributed by atoms with Gasteiger partial charge in [-0.2, -0.15) is 0 Å². The number of esters is 1. The van der Waals surface area contributed by atoms with Gasteiger partial charge in [0, 0.05) is 29.9 Å². The number of rotatable bonds is 5. The number of hydrogen-bond acceptors (Lipinski definition) is 5. The predicted octanol–water partition coefficient (Wildman–Crippen LogP) is 6.79. The number of carbonyl (C=O) groups excluding carboxylic acids is 1. The maximum atomic E-state index is 14.2. The summed E-state index contributed by atoms with van der Waals surface area (Å²) in [7, 11) is 2.19. The molecule has 1 aliphatic carbocycles. The van der Waals surface area contributed by atoms with Crippen molar-refractivity contribution in [2.75, 3.05) is 25.1 Å². The van der Waals surface area contributed by atoms with Crippen LogP contribution in [0, 0.1) is 17.8 Å². The summed E-state index contributed by atoms with van der Waals surface area (Å²) in [6, 6.07) is 21.4. The molecule has 1 saturated carbocycles. The number of ether oxygens (including phenoxy) is 1. The minimum absolute atomic E-state index is 0.0121. The Bertz CT molecular complexity index is 1010. The lowest BCUT2D eigenvalue weighted by molar-refractivity contribution is -0.162. The van der Waals surface area contributed by atoms with Crippen LogP contribution in [-0.4, -0.2) is 46.3 Å². The molecule has 5 heteroatoms. The minimum Gasteiger partial charge on any atom is -0.462 e. The van der Waals surface area contributed by atoms with E-state index in [2.05, 4.69) is 93.4 Å². The highest BCUT2D eigenvalue weighted by Gasteiger charge is 2.60. The highest BCUT2D eigenvalue weighted by Crippen LogP contribution is 2.59. The van der Waals surface area contributed by atoms with Crippen molar-refractivity contribution >= 4 is 29.5 Å². The molecule has 0 unspecified atom stereocenters. The van der Waals surface area contributed by atoms with Crippen LogP contribution in [0.4, 0.5) is 0 Å². The molecule has 2 aromatic rings. The molecule has 2 aliphatic heterocycles. The van der Waals surface area contributed by atoms with Gasteiger partial charge in [0.05, 0.1) is 0 Å². The first kappa shape index (κ1) is 25.2. The summed E-state index contributed by atoms with van der Waals surface area (Å²) < 4.78 is 6.44.